The van der Waals surface area contributed by atoms with Gasteiger partial charge in [-0.1, -0.05) is 6.07 Å². The zero-order chi connectivity index (χ0) is 14.8. The van der Waals surface area contributed by atoms with E-state index in [1.54, 1.807) is 0 Å². The number of hydrogen-bond acceptors (Lipinski definition) is 4. The number of halogens is 1. The van der Waals surface area contributed by atoms with E-state index in [1.165, 1.54) is 12.1 Å². The minimum atomic E-state index is -3.94. The van der Waals surface area contributed by atoms with Crippen molar-refractivity contribution in [2.24, 2.45) is 0 Å². The van der Waals surface area contributed by atoms with Gasteiger partial charge in [-0.3, -0.25) is 4.72 Å². The number of carbonyl (C=O) groups is 1. The number of carboxylic acid groups (broad SMARTS) is 1. The van der Waals surface area contributed by atoms with E-state index in [9.17, 15) is 17.6 Å². The minimum absolute atomic E-state index is 0.0344. The number of anilines is 1. The molecule has 0 aliphatic heterocycles. The molecule has 2 N–H and O–H groups in total. The Morgan fingerprint density at radius 3 is 2.35 bits per heavy atom. The van der Waals surface area contributed by atoms with Gasteiger partial charge in [0.1, 0.15) is 5.82 Å². The summed E-state index contributed by atoms with van der Waals surface area (Å²) in [6, 6.07) is 8.31. The molecule has 20 heavy (non-hydrogen) atoms. The van der Waals surface area contributed by atoms with E-state index in [2.05, 4.69) is 9.71 Å². The van der Waals surface area contributed by atoms with Crippen LogP contribution in [-0.2, 0) is 10.0 Å². The van der Waals surface area contributed by atoms with Gasteiger partial charge in [0.25, 0.3) is 10.0 Å². The molecule has 1 aromatic carbocycles. The summed E-state index contributed by atoms with van der Waals surface area (Å²) in [7, 11) is -3.94. The maximum absolute atomic E-state index is 12.9. The van der Waals surface area contributed by atoms with Gasteiger partial charge in [-0.2, -0.15) is 4.39 Å². The molecule has 0 saturated heterocycles. The van der Waals surface area contributed by atoms with Gasteiger partial charge < -0.3 is 5.11 Å². The summed E-state index contributed by atoms with van der Waals surface area (Å²) in [5, 5.41) is 8.73. The SMILES string of the molecule is O=C(O)c1ccc(S(=O)(=O)Nc2cccc(F)n2)cc1. The van der Waals surface area contributed by atoms with Crippen molar-refractivity contribution in [1.29, 1.82) is 0 Å². The molecule has 0 aliphatic rings. The molecule has 104 valence electrons. The second kappa shape index (κ2) is 5.25. The van der Waals surface area contributed by atoms with Gasteiger partial charge >= 0.3 is 5.97 Å². The fraction of sp³-hybridized carbons (Fsp3) is 0. The lowest BCUT2D eigenvalue weighted by Gasteiger charge is -2.07. The average molecular weight is 296 g/mol. The standard InChI is InChI=1S/C12H9FN2O4S/c13-10-2-1-3-11(14-10)15-20(18,19)9-6-4-8(5-7-9)12(16)17/h1-7H,(H,14,15)(H,16,17). The zero-order valence-electron chi connectivity index (χ0n) is 9.95. The van der Waals surface area contributed by atoms with E-state index < -0.39 is 21.9 Å². The average Bonchev–Trinajstić information content (AvgIpc) is 2.38. The maximum Gasteiger partial charge on any atom is 0.335 e. The van der Waals surface area contributed by atoms with Crippen LogP contribution in [-0.4, -0.2) is 24.5 Å². The predicted octanol–water partition coefficient (Wildman–Crippen LogP) is 1.72. The molecule has 0 amide bonds. The topological polar surface area (TPSA) is 96.4 Å². The fourth-order valence-electron chi connectivity index (χ4n) is 1.44. The number of hydrogen-bond donors (Lipinski definition) is 2. The molecule has 0 atom stereocenters. The van der Waals surface area contributed by atoms with E-state index in [0.29, 0.717) is 0 Å². The number of benzene rings is 1. The molecule has 0 spiro atoms. The molecule has 0 unspecified atom stereocenters. The maximum atomic E-state index is 12.9. The van der Waals surface area contributed by atoms with Crippen LogP contribution >= 0.6 is 0 Å². The second-order valence-electron chi connectivity index (χ2n) is 3.78. The summed E-state index contributed by atoms with van der Waals surface area (Å²) in [5.41, 5.74) is -0.0344. The van der Waals surface area contributed by atoms with Gasteiger partial charge in [-0.15, -0.1) is 0 Å². The van der Waals surface area contributed by atoms with Gasteiger partial charge in [-0.25, -0.2) is 18.2 Å². The van der Waals surface area contributed by atoms with E-state index in [0.717, 1.165) is 30.3 Å². The molecule has 1 heterocycles. The van der Waals surface area contributed by atoms with Crippen molar-refractivity contribution in [3.8, 4) is 0 Å². The molecule has 0 aliphatic carbocycles. The number of sulfonamides is 1. The summed E-state index contributed by atoms with van der Waals surface area (Å²) in [4.78, 5) is 13.9. The van der Waals surface area contributed by atoms with Crippen molar-refractivity contribution < 1.29 is 22.7 Å². The molecule has 0 fully saturated rings. The van der Waals surface area contributed by atoms with Crippen molar-refractivity contribution in [3.63, 3.8) is 0 Å². The lowest BCUT2D eigenvalue weighted by molar-refractivity contribution is 0.0696. The Morgan fingerprint density at radius 2 is 1.80 bits per heavy atom. The number of nitrogens with zero attached hydrogens (tertiary/aromatic N) is 1. The lowest BCUT2D eigenvalue weighted by atomic mass is 10.2. The Balaban J connectivity index is 2.28. The van der Waals surface area contributed by atoms with Crippen LogP contribution in [0.1, 0.15) is 10.4 Å². The van der Waals surface area contributed by atoms with Gasteiger partial charge in [0, 0.05) is 0 Å². The van der Waals surface area contributed by atoms with E-state index >= 15 is 0 Å². The summed E-state index contributed by atoms with van der Waals surface area (Å²) in [6.07, 6.45) is 0. The van der Waals surface area contributed by atoms with Gasteiger partial charge in [0.05, 0.1) is 10.5 Å². The molecular formula is C12H9FN2O4S. The zero-order valence-corrected chi connectivity index (χ0v) is 10.8. The number of rotatable bonds is 4. The van der Waals surface area contributed by atoms with Crippen molar-refractivity contribution in [2.75, 3.05) is 4.72 Å². The molecule has 0 bridgehead atoms. The third-order valence-electron chi connectivity index (χ3n) is 2.37. The molecule has 8 heteroatoms. The summed E-state index contributed by atoms with van der Waals surface area (Å²) in [6.45, 7) is 0. The third-order valence-corrected chi connectivity index (χ3v) is 3.74. The molecule has 2 rings (SSSR count). The highest BCUT2D eigenvalue weighted by atomic mass is 32.2. The monoisotopic (exact) mass is 296 g/mol. The molecule has 2 aromatic rings. The van der Waals surface area contributed by atoms with Crippen LogP contribution in [0.5, 0.6) is 0 Å². The molecule has 0 saturated carbocycles. The molecule has 6 nitrogen and oxygen atoms in total. The van der Waals surface area contributed by atoms with Crippen molar-refractivity contribution >= 4 is 21.8 Å². The second-order valence-corrected chi connectivity index (χ2v) is 5.46. The largest absolute Gasteiger partial charge is 0.478 e. The number of aromatic nitrogens is 1. The minimum Gasteiger partial charge on any atom is -0.478 e. The van der Waals surface area contributed by atoms with Crippen molar-refractivity contribution in [2.45, 2.75) is 4.90 Å². The van der Waals surface area contributed by atoms with Crippen LogP contribution in [0.15, 0.2) is 47.4 Å². The summed E-state index contributed by atoms with van der Waals surface area (Å²) in [5.74, 6) is -2.13. The van der Waals surface area contributed by atoms with Crippen LogP contribution in [0.4, 0.5) is 10.2 Å². The quantitative estimate of drug-likeness (QED) is 0.837. The Morgan fingerprint density at radius 1 is 1.15 bits per heavy atom. The van der Waals surface area contributed by atoms with Crippen LogP contribution in [0.3, 0.4) is 0 Å². The summed E-state index contributed by atoms with van der Waals surface area (Å²) >= 11 is 0. The van der Waals surface area contributed by atoms with Crippen LogP contribution < -0.4 is 4.72 Å². The third kappa shape index (κ3) is 3.09. The first-order chi connectivity index (χ1) is 9.38. The Kier molecular flexibility index (Phi) is 3.66. The highest BCUT2D eigenvalue weighted by Crippen LogP contribution is 2.15. The number of aromatic carboxylic acids is 1. The van der Waals surface area contributed by atoms with Crippen LogP contribution in [0.2, 0.25) is 0 Å². The van der Waals surface area contributed by atoms with E-state index in [-0.39, 0.29) is 16.3 Å². The van der Waals surface area contributed by atoms with Gasteiger partial charge in [-0.05, 0) is 36.4 Å². The smallest absolute Gasteiger partial charge is 0.335 e. The first-order valence-electron chi connectivity index (χ1n) is 5.37. The van der Waals surface area contributed by atoms with Crippen LogP contribution in [0, 0.1) is 5.95 Å². The molecular weight excluding hydrogens is 287 g/mol. The predicted molar refractivity (Wildman–Crippen MR) is 68.4 cm³/mol. The van der Waals surface area contributed by atoms with Gasteiger partial charge in [0.2, 0.25) is 5.95 Å². The van der Waals surface area contributed by atoms with E-state index in [1.807, 2.05) is 0 Å². The number of nitrogens with one attached hydrogen (secondary N) is 1. The Labute approximate surface area is 114 Å². The normalized spacial score (nSPS) is 11.1. The van der Waals surface area contributed by atoms with Gasteiger partial charge in [0.15, 0.2) is 0 Å². The highest BCUT2D eigenvalue weighted by Gasteiger charge is 2.15. The Hall–Kier alpha value is -2.48. The fourth-order valence-corrected chi connectivity index (χ4v) is 2.44. The number of carboxylic acids is 1. The van der Waals surface area contributed by atoms with Crippen LogP contribution in [0.25, 0.3) is 0 Å². The number of pyridine rings is 1. The highest BCUT2D eigenvalue weighted by molar-refractivity contribution is 7.92. The summed E-state index contributed by atoms with van der Waals surface area (Å²) < 4.78 is 38.9. The van der Waals surface area contributed by atoms with E-state index in [4.69, 9.17) is 5.11 Å². The Bertz CT molecular complexity index is 744. The first-order valence-corrected chi connectivity index (χ1v) is 6.85. The van der Waals surface area contributed by atoms with Crippen molar-refractivity contribution in [3.05, 3.63) is 54.0 Å². The first kappa shape index (κ1) is 13.9. The molecule has 0 radical (unpaired) electrons. The lowest BCUT2D eigenvalue weighted by Crippen LogP contribution is -2.14. The van der Waals surface area contributed by atoms with Crippen molar-refractivity contribution in [1.82, 2.24) is 4.98 Å². The molecule has 1 aromatic heterocycles.